The Kier molecular flexibility index (Phi) is 9.60. The molecule has 0 saturated carbocycles. The second-order valence-corrected chi connectivity index (χ2v) is 12.2. The van der Waals surface area contributed by atoms with E-state index in [0.717, 1.165) is 28.2 Å². The van der Waals surface area contributed by atoms with E-state index in [9.17, 15) is 22.8 Å². The minimum absolute atomic E-state index is 0. The van der Waals surface area contributed by atoms with Gasteiger partial charge in [-0.15, -0.1) is 12.4 Å². The highest BCUT2D eigenvalue weighted by Crippen LogP contribution is 2.37. The van der Waals surface area contributed by atoms with Crippen LogP contribution in [-0.4, -0.2) is 63.3 Å². The fourth-order valence-corrected chi connectivity index (χ4v) is 5.57. The van der Waals surface area contributed by atoms with Crippen LogP contribution in [0.4, 0.5) is 11.4 Å². The van der Waals surface area contributed by atoms with Crippen molar-refractivity contribution in [3.8, 4) is 0 Å². The topological polar surface area (TPSA) is 116 Å². The second-order valence-electron chi connectivity index (χ2n) is 10.1. The van der Waals surface area contributed by atoms with Gasteiger partial charge in [-0.1, -0.05) is 48.5 Å². The third-order valence-electron chi connectivity index (χ3n) is 7.22. The van der Waals surface area contributed by atoms with Crippen LogP contribution in [0.1, 0.15) is 25.0 Å². The summed E-state index contributed by atoms with van der Waals surface area (Å²) in [5.74, 6) is -2.20. The van der Waals surface area contributed by atoms with Crippen LogP contribution in [0.2, 0.25) is 0 Å². The van der Waals surface area contributed by atoms with Gasteiger partial charge >= 0.3 is 0 Å². The molecule has 0 fully saturated rings. The summed E-state index contributed by atoms with van der Waals surface area (Å²) < 4.78 is 24.2. The Morgan fingerprint density at radius 1 is 1.00 bits per heavy atom. The quantitative estimate of drug-likeness (QED) is 0.440. The molecule has 0 spiro atoms. The van der Waals surface area contributed by atoms with Crippen LogP contribution in [0, 0.1) is 6.92 Å². The van der Waals surface area contributed by atoms with E-state index in [1.54, 1.807) is 50.1 Å². The molecule has 3 aromatic carbocycles. The van der Waals surface area contributed by atoms with E-state index in [-0.39, 0.29) is 19.0 Å². The zero-order valence-electron chi connectivity index (χ0n) is 23.2. The number of amides is 3. The molecule has 0 bridgehead atoms. The number of carbonyl (C=O) groups is 3. The third-order valence-corrected chi connectivity index (χ3v) is 7.99. The Morgan fingerprint density at radius 2 is 1.62 bits per heavy atom. The van der Waals surface area contributed by atoms with Gasteiger partial charge in [-0.05, 0) is 61.9 Å². The van der Waals surface area contributed by atoms with Gasteiger partial charge in [-0.25, -0.2) is 8.42 Å². The first-order valence-corrected chi connectivity index (χ1v) is 14.8. The Morgan fingerprint density at radius 3 is 2.27 bits per heavy atom. The number of aryl methyl sites for hydroxylation is 1. The van der Waals surface area contributed by atoms with Crippen LogP contribution in [0.5, 0.6) is 0 Å². The molecule has 9 nitrogen and oxygen atoms in total. The first-order valence-electron chi connectivity index (χ1n) is 12.8. The van der Waals surface area contributed by atoms with Crippen molar-refractivity contribution >= 4 is 62.1 Å². The molecule has 4 rings (SSSR count). The van der Waals surface area contributed by atoms with E-state index < -0.39 is 51.4 Å². The monoisotopic (exact) mass is 586 g/mol. The lowest BCUT2D eigenvalue weighted by Gasteiger charge is -2.32. The lowest BCUT2D eigenvalue weighted by Crippen LogP contribution is -2.60. The SMILES string of the molecule is CN[C@@H](C)C(=O)N[C@@H]1C(=O)N(Cc2c(C)ccc3ccccc23)c2ccccc2N(C(=O)CS(C)(=O)=O)[C@H]1C.Cl. The van der Waals surface area contributed by atoms with Crippen molar-refractivity contribution in [1.82, 2.24) is 10.6 Å². The van der Waals surface area contributed by atoms with E-state index in [2.05, 4.69) is 10.6 Å². The van der Waals surface area contributed by atoms with Crippen LogP contribution >= 0.6 is 12.4 Å². The molecule has 3 amide bonds. The maximum Gasteiger partial charge on any atom is 0.252 e. The number of halogens is 1. The molecule has 0 aliphatic carbocycles. The van der Waals surface area contributed by atoms with Crippen LogP contribution in [0.3, 0.4) is 0 Å². The van der Waals surface area contributed by atoms with Crippen LogP contribution in [-0.2, 0) is 30.8 Å². The van der Waals surface area contributed by atoms with Gasteiger partial charge < -0.3 is 20.4 Å². The number of nitrogens with one attached hydrogen (secondary N) is 2. The zero-order valence-corrected chi connectivity index (χ0v) is 24.8. The first kappa shape index (κ1) is 31.1. The van der Waals surface area contributed by atoms with E-state index in [0.29, 0.717) is 11.4 Å². The standard InChI is InChI=1S/C29H34N4O5S.ClH/c1-18-14-15-21-10-6-7-11-22(21)23(18)16-32-24-12-8-9-13-25(24)33(26(34)17-39(5,37)38)20(3)27(29(32)36)31-28(35)19(2)30-4;/h6-15,19-20,27,30H,16-17H2,1-5H3,(H,31,35);1H/t19-,20-,27-;/m0./s1. The third kappa shape index (κ3) is 6.29. The van der Waals surface area contributed by atoms with Gasteiger partial charge in [0.15, 0.2) is 9.84 Å². The van der Waals surface area contributed by atoms with Crippen molar-refractivity contribution in [3.63, 3.8) is 0 Å². The van der Waals surface area contributed by atoms with Crippen molar-refractivity contribution in [2.24, 2.45) is 0 Å². The van der Waals surface area contributed by atoms with E-state index >= 15 is 0 Å². The van der Waals surface area contributed by atoms with Gasteiger partial charge in [0.2, 0.25) is 11.8 Å². The summed E-state index contributed by atoms with van der Waals surface area (Å²) in [7, 11) is -2.03. The summed E-state index contributed by atoms with van der Waals surface area (Å²) >= 11 is 0. The number of nitrogens with zero attached hydrogens (tertiary/aromatic N) is 2. The number of hydrogen-bond acceptors (Lipinski definition) is 6. The average Bonchev–Trinajstić information content (AvgIpc) is 2.97. The molecule has 0 saturated heterocycles. The smallest absolute Gasteiger partial charge is 0.252 e. The van der Waals surface area contributed by atoms with Crippen molar-refractivity contribution < 1.29 is 22.8 Å². The number of benzene rings is 3. The molecule has 214 valence electrons. The number of para-hydroxylation sites is 2. The average molecular weight is 587 g/mol. The lowest BCUT2D eigenvalue weighted by atomic mass is 9.98. The number of fused-ring (bicyclic) bond motifs is 2. The minimum Gasteiger partial charge on any atom is -0.341 e. The summed E-state index contributed by atoms with van der Waals surface area (Å²) in [6, 6.07) is 16.3. The van der Waals surface area contributed by atoms with Crippen molar-refractivity contribution in [1.29, 1.82) is 0 Å². The molecule has 3 aromatic rings. The Bertz CT molecular complexity index is 1540. The minimum atomic E-state index is -3.66. The van der Waals surface area contributed by atoms with Crippen LogP contribution < -0.4 is 20.4 Å². The first-order chi connectivity index (χ1) is 18.4. The number of hydrogen-bond donors (Lipinski definition) is 2. The van der Waals surface area contributed by atoms with Gasteiger partial charge in [-0.2, -0.15) is 0 Å². The fraction of sp³-hybridized carbons (Fsp3) is 0.345. The number of likely N-dealkylation sites (N-methyl/N-ethyl adjacent to an activating group) is 1. The summed E-state index contributed by atoms with van der Waals surface area (Å²) in [4.78, 5) is 43.7. The molecule has 0 unspecified atom stereocenters. The van der Waals surface area contributed by atoms with Gasteiger partial charge in [0.05, 0.1) is 30.0 Å². The number of carbonyl (C=O) groups excluding carboxylic acids is 3. The molecular formula is C29H35ClN4O5S. The lowest BCUT2D eigenvalue weighted by molar-refractivity contribution is -0.129. The van der Waals surface area contributed by atoms with Gasteiger partial charge in [0.25, 0.3) is 5.91 Å². The molecule has 1 aliphatic heterocycles. The van der Waals surface area contributed by atoms with Crippen molar-refractivity contribution in [2.75, 3.05) is 28.9 Å². The molecular weight excluding hydrogens is 552 g/mol. The number of anilines is 2. The highest BCUT2D eigenvalue weighted by molar-refractivity contribution is 7.91. The van der Waals surface area contributed by atoms with Gasteiger partial charge in [0, 0.05) is 6.26 Å². The molecule has 40 heavy (non-hydrogen) atoms. The van der Waals surface area contributed by atoms with Crippen LogP contribution in [0.15, 0.2) is 60.7 Å². The highest BCUT2D eigenvalue weighted by Gasteiger charge is 2.42. The summed E-state index contributed by atoms with van der Waals surface area (Å²) in [5.41, 5.74) is 2.80. The Labute approximate surface area is 241 Å². The molecule has 1 aliphatic rings. The molecule has 0 aromatic heterocycles. The van der Waals surface area contributed by atoms with Crippen molar-refractivity contribution in [2.45, 2.75) is 45.4 Å². The maximum absolute atomic E-state index is 14.3. The maximum atomic E-state index is 14.3. The van der Waals surface area contributed by atoms with E-state index in [4.69, 9.17) is 0 Å². The predicted octanol–water partition coefficient (Wildman–Crippen LogP) is 2.98. The second kappa shape index (κ2) is 12.4. The van der Waals surface area contributed by atoms with Crippen LogP contribution in [0.25, 0.3) is 10.8 Å². The van der Waals surface area contributed by atoms with Gasteiger partial charge in [0.1, 0.15) is 11.8 Å². The molecule has 0 radical (unpaired) electrons. The fourth-order valence-electron chi connectivity index (χ4n) is 4.98. The Hall–Kier alpha value is -3.47. The number of rotatable bonds is 7. The molecule has 1 heterocycles. The van der Waals surface area contributed by atoms with Gasteiger partial charge in [-0.3, -0.25) is 14.4 Å². The normalized spacial score (nSPS) is 18.0. The summed E-state index contributed by atoms with van der Waals surface area (Å²) in [5, 5.41) is 7.71. The summed E-state index contributed by atoms with van der Waals surface area (Å²) in [6.07, 6.45) is 0.994. The summed E-state index contributed by atoms with van der Waals surface area (Å²) in [6.45, 7) is 5.49. The predicted molar refractivity (Wildman–Crippen MR) is 161 cm³/mol. The Balaban J connectivity index is 0.00000441. The van der Waals surface area contributed by atoms with E-state index in [1.165, 1.54) is 4.90 Å². The highest BCUT2D eigenvalue weighted by atomic mass is 35.5. The number of sulfone groups is 1. The largest absolute Gasteiger partial charge is 0.341 e. The molecule has 2 N–H and O–H groups in total. The zero-order chi connectivity index (χ0) is 28.5. The molecule has 11 heteroatoms. The molecule has 3 atom stereocenters. The van der Waals surface area contributed by atoms with Crippen molar-refractivity contribution in [3.05, 3.63) is 71.8 Å². The van der Waals surface area contributed by atoms with E-state index in [1.807, 2.05) is 43.3 Å².